The number of carbonyl (C=O) groups excluding carboxylic acids is 2. The summed E-state index contributed by atoms with van der Waals surface area (Å²) >= 11 is 0. The number of Topliss-reactive ketones (excluding diaryl/α,β-unsaturated/α-hetero) is 1. The highest BCUT2D eigenvalue weighted by Gasteiger charge is 2.18. The molecule has 0 saturated heterocycles. The van der Waals surface area contributed by atoms with Crippen molar-refractivity contribution in [2.24, 2.45) is 0 Å². The summed E-state index contributed by atoms with van der Waals surface area (Å²) in [6.45, 7) is 2.69. The number of hydrogen-bond acceptors (Lipinski definition) is 3. The summed E-state index contributed by atoms with van der Waals surface area (Å²) in [4.78, 5) is 22.3. The van der Waals surface area contributed by atoms with E-state index in [9.17, 15) is 9.59 Å². The van der Waals surface area contributed by atoms with Crippen molar-refractivity contribution in [3.8, 4) is 0 Å². The third kappa shape index (κ3) is 5.26. The molecule has 1 rings (SSSR count). The van der Waals surface area contributed by atoms with Crippen LogP contribution in [0.3, 0.4) is 0 Å². The lowest BCUT2D eigenvalue weighted by Crippen LogP contribution is -2.39. The Balaban J connectivity index is 1.89. The second kappa shape index (κ2) is 7.39. The van der Waals surface area contributed by atoms with E-state index in [1.807, 2.05) is 6.92 Å². The molecule has 1 aliphatic rings. The second-order valence-electron chi connectivity index (χ2n) is 4.20. The number of rotatable bonds is 8. The maximum absolute atomic E-state index is 11.3. The van der Waals surface area contributed by atoms with E-state index >= 15 is 0 Å². The van der Waals surface area contributed by atoms with Gasteiger partial charge in [0.25, 0.3) is 0 Å². The Morgan fingerprint density at radius 2 is 1.94 bits per heavy atom. The quantitative estimate of drug-likeness (QED) is 0.638. The molecule has 0 atom stereocenters. The topological polar surface area (TPSA) is 55.4 Å². The fourth-order valence-electron chi connectivity index (χ4n) is 1.48. The minimum absolute atomic E-state index is 0.0616. The lowest BCUT2D eigenvalue weighted by atomic mass is 9.93. The van der Waals surface area contributed by atoms with E-state index in [1.165, 1.54) is 6.42 Å². The van der Waals surface area contributed by atoms with Crippen LogP contribution in [-0.4, -0.2) is 30.9 Å². The first-order valence-corrected chi connectivity index (χ1v) is 6.11. The van der Waals surface area contributed by atoms with E-state index in [1.54, 1.807) is 0 Å². The van der Waals surface area contributed by atoms with Crippen LogP contribution < -0.4 is 5.32 Å². The van der Waals surface area contributed by atoms with Crippen LogP contribution in [-0.2, 0) is 14.3 Å². The lowest BCUT2D eigenvalue weighted by Gasteiger charge is -2.26. The molecule has 1 saturated carbocycles. The van der Waals surface area contributed by atoms with Gasteiger partial charge in [-0.3, -0.25) is 9.59 Å². The third-order valence-electron chi connectivity index (χ3n) is 2.86. The number of amides is 1. The molecule has 4 nitrogen and oxygen atoms in total. The minimum Gasteiger partial charge on any atom is -0.380 e. The molecular weight excluding hydrogens is 206 g/mol. The van der Waals surface area contributed by atoms with Gasteiger partial charge >= 0.3 is 0 Å². The molecule has 0 aliphatic heterocycles. The Morgan fingerprint density at radius 1 is 1.25 bits per heavy atom. The van der Waals surface area contributed by atoms with Gasteiger partial charge in [-0.05, 0) is 19.3 Å². The summed E-state index contributed by atoms with van der Waals surface area (Å²) < 4.78 is 5.23. The van der Waals surface area contributed by atoms with Crippen LogP contribution in [0.4, 0.5) is 0 Å². The van der Waals surface area contributed by atoms with Crippen molar-refractivity contribution < 1.29 is 14.3 Å². The molecule has 0 aromatic heterocycles. The van der Waals surface area contributed by atoms with E-state index in [-0.39, 0.29) is 11.7 Å². The molecule has 0 heterocycles. The van der Waals surface area contributed by atoms with Gasteiger partial charge in [-0.25, -0.2) is 0 Å². The van der Waals surface area contributed by atoms with Crippen LogP contribution in [0.1, 0.15) is 45.4 Å². The zero-order valence-corrected chi connectivity index (χ0v) is 9.96. The summed E-state index contributed by atoms with van der Waals surface area (Å²) in [5.41, 5.74) is 0. The van der Waals surface area contributed by atoms with Gasteiger partial charge in [0, 0.05) is 25.3 Å². The van der Waals surface area contributed by atoms with Crippen LogP contribution in [0, 0.1) is 0 Å². The lowest BCUT2D eigenvalue weighted by molar-refractivity contribution is -0.123. The highest BCUT2D eigenvalue weighted by Crippen LogP contribution is 2.17. The molecular formula is C12H21NO3. The summed E-state index contributed by atoms with van der Waals surface area (Å²) in [7, 11) is 0. The standard InChI is InChI=1S/C12H21NO3/c1-2-11(14)6-8-16-9-7-12(15)13-10-4-3-5-10/h10H,2-9H2,1H3,(H,13,15). The summed E-state index contributed by atoms with van der Waals surface area (Å²) in [6.07, 6.45) is 4.86. The van der Waals surface area contributed by atoms with Crippen LogP contribution in [0.2, 0.25) is 0 Å². The largest absolute Gasteiger partial charge is 0.380 e. The first kappa shape index (κ1) is 13.2. The van der Waals surface area contributed by atoms with Gasteiger partial charge in [0.15, 0.2) is 0 Å². The van der Waals surface area contributed by atoms with Crippen molar-refractivity contribution in [3.05, 3.63) is 0 Å². The number of hydrogen-bond donors (Lipinski definition) is 1. The Labute approximate surface area is 96.7 Å². The minimum atomic E-state index is 0.0616. The van der Waals surface area contributed by atoms with Crippen molar-refractivity contribution in [1.29, 1.82) is 0 Å². The van der Waals surface area contributed by atoms with Crippen molar-refractivity contribution >= 4 is 11.7 Å². The van der Waals surface area contributed by atoms with Gasteiger partial charge in [0.1, 0.15) is 5.78 Å². The molecule has 0 spiro atoms. The molecule has 1 fully saturated rings. The van der Waals surface area contributed by atoms with Gasteiger partial charge in [0.05, 0.1) is 13.2 Å². The van der Waals surface area contributed by atoms with Crippen molar-refractivity contribution in [2.75, 3.05) is 13.2 Å². The predicted molar refractivity (Wildman–Crippen MR) is 61.1 cm³/mol. The fourth-order valence-corrected chi connectivity index (χ4v) is 1.48. The Hall–Kier alpha value is -0.900. The maximum Gasteiger partial charge on any atom is 0.222 e. The highest BCUT2D eigenvalue weighted by molar-refractivity contribution is 5.78. The van der Waals surface area contributed by atoms with E-state index in [0.29, 0.717) is 38.5 Å². The summed E-state index contributed by atoms with van der Waals surface area (Å²) in [6, 6.07) is 0.397. The van der Waals surface area contributed by atoms with Gasteiger partial charge in [-0.2, -0.15) is 0 Å². The molecule has 1 amide bonds. The molecule has 92 valence electrons. The molecule has 0 aromatic rings. The molecule has 1 N–H and O–H groups in total. The van der Waals surface area contributed by atoms with Crippen molar-refractivity contribution in [3.63, 3.8) is 0 Å². The SMILES string of the molecule is CCC(=O)CCOCCC(=O)NC1CCC1. The van der Waals surface area contributed by atoms with Gasteiger partial charge in [-0.1, -0.05) is 6.92 Å². The average Bonchev–Trinajstić information content (AvgIpc) is 2.22. The van der Waals surface area contributed by atoms with Crippen LogP contribution >= 0.6 is 0 Å². The first-order chi connectivity index (χ1) is 7.72. The molecule has 16 heavy (non-hydrogen) atoms. The van der Waals surface area contributed by atoms with Crippen LogP contribution in [0.5, 0.6) is 0 Å². The van der Waals surface area contributed by atoms with Crippen LogP contribution in [0.25, 0.3) is 0 Å². The number of carbonyl (C=O) groups is 2. The van der Waals surface area contributed by atoms with E-state index in [2.05, 4.69) is 5.32 Å². The maximum atomic E-state index is 11.3. The first-order valence-electron chi connectivity index (χ1n) is 6.11. The predicted octanol–water partition coefficient (Wildman–Crippen LogP) is 1.43. The number of ketones is 1. The van der Waals surface area contributed by atoms with Gasteiger partial charge < -0.3 is 10.1 Å². The normalized spacial score (nSPS) is 15.6. The number of nitrogens with one attached hydrogen (secondary N) is 1. The van der Waals surface area contributed by atoms with Gasteiger partial charge in [0.2, 0.25) is 5.91 Å². The van der Waals surface area contributed by atoms with E-state index in [0.717, 1.165) is 12.8 Å². The summed E-state index contributed by atoms with van der Waals surface area (Å²) in [5.74, 6) is 0.269. The average molecular weight is 227 g/mol. The van der Waals surface area contributed by atoms with E-state index in [4.69, 9.17) is 4.74 Å². The zero-order valence-electron chi connectivity index (χ0n) is 9.96. The van der Waals surface area contributed by atoms with Gasteiger partial charge in [-0.15, -0.1) is 0 Å². The monoisotopic (exact) mass is 227 g/mol. The molecule has 1 aliphatic carbocycles. The fraction of sp³-hybridized carbons (Fsp3) is 0.833. The number of ether oxygens (including phenoxy) is 1. The molecule has 0 radical (unpaired) electrons. The Bertz CT molecular complexity index is 236. The molecule has 0 unspecified atom stereocenters. The van der Waals surface area contributed by atoms with Crippen molar-refractivity contribution in [2.45, 2.75) is 51.5 Å². The van der Waals surface area contributed by atoms with Crippen LogP contribution in [0.15, 0.2) is 0 Å². The van der Waals surface area contributed by atoms with E-state index < -0.39 is 0 Å². The molecule has 0 aromatic carbocycles. The highest BCUT2D eigenvalue weighted by atomic mass is 16.5. The smallest absolute Gasteiger partial charge is 0.222 e. The molecule has 4 heteroatoms. The Morgan fingerprint density at radius 3 is 2.50 bits per heavy atom. The van der Waals surface area contributed by atoms with Crippen molar-refractivity contribution in [1.82, 2.24) is 5.32 Å². The zero-order chi connectivity index (χ0) is 11.8. The third-order valence-corrected chi connectivity index (χ3v) is 2.86. The Kier molecular flexibility index (Phi) is 6.08. The molecule has 0 bridgehead atoms. The second-order valence-corrected chi connectivity index (χ2v) is 4.20. The summed E-state index contributed by atoms with van der Waals surface area (Å²) in [5, 5.41) is 2.94.